The van der Waals surface area contributed by atoms with Gasteiger partial charge in [0.1, 0.15) is 17.0 Å². The number of methoxy groups -OCH3 is 1. The van der Waals surface area contributed by atoms with E-state index < -0.39 is 10.0 Å². The third-order valence-corrected chi connectivity index (χ3v) is 9.42. The Labute approximate surface area is 216 Å². The van der Waals surface area contributed by atoms with Crippen LogP contribution in [0.2, 0.25) is 0 Å². The lowest BCUT2D eigenvalue weighted by Gasteiger charge is -2.33. The average Bonchev–Trinajstić information content (AvgIpc) is 3.26. The van der Waals surface area contributed by atoms with E-state index in [0.29, 0.717) is 60.9 Å². The zero-order valence-corrected chi connectivity index (χ0v) is 22.1. The highest BCUT2D eigenvalue weighted by Crippen LogP contribution is 2.35. The molecule has 2 aromatic heterocycles. The molecular weight excluding hydrogens is 496 g/mol. The van der Waals surface area contributed by atoms with Crippen molar-refractivity contribution in [1.29, 1.82) is 0 Å². The molecule has 11 nitrogen and oxygen atoms in total. The molecule has 0 radical (unpaired) electrons. The van der Waals surface area contributed by atoms with Crippen LogP contribution in [0.1, 0.15) is 43.7 Å². The summed E-state index contributed by atoms with van der Waals surface area (Å²) in [6.45, 7) is 2.41. The Kier molecular flexibility index (Phi) is 7.35. The number of rotatable bonds is 7. The monoisotopic (exact) mass is 530 g/mol. The number of nitrogens with one attached hydrogen (secondary N) is 1. The third-order valence-electron chi connectivity index (χ3n) is 7.53. The Hall–Kier alpha value is -2.80. The molecule has 37 heavy (non-hydrogen) atoms. The van der Waals surface area contributed by atoms with Crippen molar-refractivity contribution in [2.75, 3.05) is 46.4 Å². The lowest BCUT2D eigenvalue weighted by molar-refractivity contribution is 0.151. The molecule has 1 saturated carbocycles. The van der Waals surface area contributed by atoms with Crippen LogP contribution in [-0.2, 0) is 17.1 Å². The molecule has 1 aliphatic heterocycles. The van der Waals surface area contributed by atoms with Gasteiger partial charge >= 0.3 is 0 Å². The topological polar surface area (TPSA) is 134 Å². The van der Waals surface area contributed by atoms with Crippen molar-refractivity contribution in [3.8, 4) is 17.1 Å². The molecule has 1 saturated heterocycles. The van der Waals surface area contributed by atoms with Crippen molar-refractivity contribution >= 4 is 21.1 Å². The second-order valence-electron chi connectivity index (χ2n) is 9.79. The second-order valence-corrected chi connectivity index (χ2v) is 11.7. The maximum atomic E-state index is 13.3. The molecule has 0 atom stereocenters. The second kappa shape index (κ2) is 10.5. The summed E-state index contributed by atoms with van der Waals surface area (Å²) in [6.07, 6.45) is 5.53. The predicted molar refractivity (Wildman–Crippen MR) is 139 cm³/mol. The van der Waals surface area contributed by atoms with E-state index in [1.54, 1.807) is 17.8 Å². The maximum Gasteiger partial charge on any atom is 0.262 e. The normalized spacial score (nSPS) is 18.5. The summed E-state index contributed by atoms with van der Waals surface area (Å²) in [5.41, 5.74) is 1.55. The summed E-state index contributed by atoms with van der Waals surface area (Å²) in [5.74, 6) is 0.863. The van der Waals surface area contributed by atoms with Crippen molar-refractivity contribution in [2.24, 2.45) is 7.05 Å². The first-order chi connectivity index (χ1) is 17.8. The van der Waals surface area contributed by atoms with E-state index in [4.69, 9.17) is 14.8 Å². The third kappa shape index (κ3) is 4.90. The minimum absolute atomic E-state index is 0.0496. The van der Waals surface area contributed by atoms with Crippen molar-refractivity contribution in [3.05, 3.63) is 34.2 Å². The highest BCUT2D eigenvalue weighted by molar-refractivity contribution is 7.89. The van der Waals surface area contributed by atoms with E-state index in [9.17, 15) is 13.2 Å². The zero-order valence-electron chi connectivity index (χ0n) is 21.3. The molecule has 0 bridgehead atoms. The van der Waals surface area contributed by atoms with Gasteiger partial charge in [0.25, 0.3) is 5.56 Å². The minimum atomic E-state index is -3.73. The van der Waals surface area contributed by atoms with Gasteiger partial charge in [0.15, 0.2) is 5.65 Å². The summed E-state index contributed by atoms with van der Waals surface area (Å²) >= 11 is 0. The number of ether oxygens (including phenoxy) is 1. The van der Waals surface area contributed by atoms with Gasteiger partial charge in [-0.3, -0.25) is 9.69 Å². The van der Waals surface area contributed by atoms with Gasteiger partial charge < -0.3 is 14.8 Å². The van der Waals surface area contributed by atoms with Gasteiger partial charge in [0, 0.05) is 51.8 Å². The number of aliphatic hydroxyl groups is 1. The Morgan fingerprint density at radius 1 is 1.14 bits per heavy atom. The van der Waals surface area contributed by atoms with E-state index in [-0.39, 0.29) is 23.0 Å². The Balaban J connectivity index is 1.47. The van der Waals surface area contributed by atoms with Crippen LogP contribution >= 0.6 is 0 Å². The van der Waals surface area contributed by atoms with Crippen LogP contribution in [0.3, 0.4) is 0 Å². The number of H-pyrrole nitrogens is 1. The number of nitrogens with zero attached hydrogens (tertiary/aromatic N) is 5. The van der Waals surface area contributed by atoms with Crippen LogP contribution < -0.4 is 10.3 Å². The summed E-state index contributed by atoms with van der Waals surface area (Å²) in [7, 11) is -0.480. The number of benzene rings is 1. The highest BCUT2D eigenvalue weighted by atomic mass is 32.2. The molecule has 1 aromatic carbocycles. The van der Waals surface area contributed by atoms with Crippen molar-refractivity contribution in [1.82, 2.24) is 29.0 Å². The lowest BCUT2D eigenvalue weighted by atomic mass is 9.86. The Morgan fingerprint density at radius 2 is 1.86 bits per heavy atom. The minimum Gasteiger partial charge on any atom is -0.496 e. The smallest absolute Gasteiger partial charge is 0.262 e. The van der Waals surface area contributed by atoms with Crippen LogP contribution in [0.5, 0.6) is 5.75 Å². The number of aromatic nitrogens is 4. The van der Waals surface area contributed by atoms with Crippen LogP contribution in [-0.4, -0.2) is 88.9 Å². The molecule has 0 spiro atoms. The van der Waals surface area contributed by atoms with Gasteiger partial charge in [-0.25, -0.2) is 18.1 Å². The Morgan fingerprint density at radius 3 is 2.54 bits per heavy atom. The van der Waals surface area contributed by atoms with E-state index in [1.807, 2.05) is 4.90 Å². The van der Waals surface area contributed by atoms with Gasteiger partial charge in [-0.1, -0.05) is 19.3 Å². The Bertz CT molecular complexity index is 1440. The number of β-amino-alcohol motifs (C(OH)–C–C–N with tert-alkyl or cyclic N) is 1. The summed E-state index contributed by atoms with van der Waals surface area (Å²) in [6, 6.07) is 4.62. The molecule has 1 aliphatic carbocycles. The van der Waals surface area contributed by atoms with Crippen LogP contribution in [0.25, 0.3) is 22.4 Å². The highest BCUT2D eigenvalue weighted by Gasteiger charge is 2.30. The molecule has 3 aromatic rings. The molecule has 2 fully saturated rings. The van der Waals surface area contributed by atoms with Crippen LogP contribution in [0.15, 0.2) is 27.9 Å². The number of fused-ring (bicyclic) bond motifs is 1. The summed E-state index contributed by atoms with van der Waals surface area (Å²) in [5, 5.41) is 14.3. The molecule has 5 rings (SSSR count). The van der Waals surface area contributed by atoms with Crippen molar-refractivity contribution in [2.45, 2.75) is 42.9 Å². The van der Waals surface area contributed by atoms with Crippen LogP contribution in [0.4, 0.5) is 0 Å². The fourth-order valence-electron chi connectivity index (χ4n) is 5.49. The SMILES string of the molecule is COc1cc(S(=O)(=O)N2CCN(CCO)CC2)ccc1-c1nc2c(c(C3CCCCC3)nn2C)c(=O)[nH]1. The largest absolute Gasteiger partial charge is 0.496 e. The van der Waals surface area contributed by atoms with E-state index in [1.165, 1.54) is 30.0 Å². The molecule has 2 N–H and O–H groups in total. The lowest BCUT2D eigenvalue weighted by Crippen LogP contribution is -2.49. The maximum absolute atomic E-state index is 13.3. The first kappa shape index (κ1) is 25.8. The number of sulfonamides is 1. The zero-order chi connectivity index (χ0) is 26.2. The number of aliphatic hydroxyl groups excluding tert-OH is 1. The van der Waals surface area contributed by atoms with Crippen molar-refractivity contribution < 1.29 is 18.3 Å². The first-order valence-corrected chi connectivity index (χ1v) is 14.3. The summed E-state index contributed by atoms with van der Waals surface area (Å²) < 4.78 is 35.3. The van der Waals surface area contributed by atoms with Gasteiger partial charge in [0.2, 0.25) is 10.0 Å². The molecule has 2 aliphatic rings. The van der Waals surface area contributed by atoms with Gasteiger partial charge in [-0.05, 0) is 25.0 Å². The number of piperazine rings is 1. The van der Waals surface area contributed by atoms with Gasteiger partial charge in [0.05, 0.1) is 29.9 Å². The van der Waals surface area contributed by atoms with E-state index in [0.717, 1.165) is 31.4 Å². The standard InChI is InChI=1S/C25H34N6O5S/c1-29-24-21(22(28-29)17-6-4-3-5-7-17)25(33)27-23(26-24)19-9-8-18(16-20(19)36-2)37(34,35)31-12-10-30(11-13-31)14-15-32/h8-9,16-17,32H,3-7,10-15H2,1-2H3,(H,26,27,33). The molecule has 0 amide bonds. The first-order valence-electron chi connectivity index (χ1n) is 12.8. The van der Waals surface area contributed by atoms with E-state index >= 15 is 0 Å². The summed E-state index contributed by atoms with van der Waals surface area (Å²) in [4.78, 5) is 23.0. The quantitative estimate of drug-likeness (QED) is 0.471. The van der Waals surface area contributed by atoms with Gasteiger partial charge in [-0.2, -0.15) is 9.40 Å². The molecule has 3 heterocycles. The van der Waals surface area contributed by atoms with Crippen LogP contribution in [0, 0.1) is 0 Å². The average molecular weight is 531 g/mol. The fraction of sp³-hybridized carbons (Fsp3) is 0.560. The van der Waals surface area contributed by atoms with Gasteiger partial charge in [-0.15, -0.1) is 0 Å². The fourth-order valence-corrected chi connectivity index (χ4v) is 6.92. The molecule has 0 unspecified atom stereocenters. The number of aromatic amines is 1. The molecule has 200 valence electrons. The number of hydrogen-bond acceptors (Lipinski definition) is 8. The van der Waals surface area contributed by atoms with E-state index in [2.05, 4.69) is 10.1 Å². The predicted octanol–water partition coefficient (Wildman–Crippen LogP) is 1.68. The van der Waals surface area contributed by atoms with Crippen molar-refractivity contribution in [3.63, 3.8) is 0 Å². The molecular formula is C25H34N6O5S. The number of hydrogen-bond donors (Lipinski definition) is 2. The number of aryl methyl sites for hydroxylation is 1. The molecule has 12 heteroatoms.